The van der Waals surface area contributed by atoms with Gasteiger partial charge in [0, 0.05) is 12.0 Å². The van der Waals surface area contributed by atoms with Crippen LogP contribution in [0.5, 0.6) is 5.75 Å². The van der Waals surface area contributed by atoms with Crippen LogP contribution in [0.25, 0.3) is 0 Å². The van der Waals surface area contributed by atoms with Gasteiger partial charge in [-0.15, -0.1) is 0 Å². The summed E-state index contributed by atoms with van der Waals surface area (Å²) in [4.78, 5) is 21.4. The molecule has 5 heteroatoms. The molecule has 0 amide bonds. The Kier molecular flexibility index (Phi) is 3.63. The van der Waals surface area contributed by atoms with E-state index >= 15 is 0 Å². The van der Waals surface area contributed by atoms with Crippen molar-refractivity contribution >= 4 is 11.8 Å². The third-order valence-electron chi connectivity index (χ3n) is 2.09. The summed E-state index contributed by atoms with van der Waals surface area (Å²) in [5.41, 5.74) is 0.451. The number of phenolic OH excluding ortho intramolecular Hbond substituents is 1. The van der Waals surface area contributed by atoms with Crippen molar-refractivity contribution in [1.82, 2.24) is 0 Å². The number of ketones is 1. The van der Waals surface area contributed by atoms with Crippen LogP contribution in [-0.2, 0) is 16.0 Å². The Morgan fingerprint density at radius 2 is 2.00 bits per heavy atom. The topological polar surface area (TPSA) is 94.8 Å². The number of hydrogen-bond acceptors (Lipinski definition) is 4. The molecule has 0 bridgehead atoms. The van der Waals surface area contributed by atoms with Crippen molar-refractivity contribution in [3.63, 3.8) is 0 Å². The summed E-state index contributed by atoms with van der Waals surface area (Å²) in [6.07, 6.45) is -1.64. The lowest BCUT2D eigenvalue weighted by Gasteiger charge is -2.09. The number of Topliss-reactive ketones (excluding diaryl/α,β-unsaturated/α-hetero) is 1. The summed E-state index contributed by atoms with van der Waals surface area (Å²) in [7, 11) is 0. The lowest BCUT2D eigenvalue weighted by molar-refractivity contribution is -0.146. The van der Waals surface area contributed by atoms with Crippen LogP contribution >= 0.6 is 0 Å². The highest BCUT2D eigenvalue weighted by Gasteiger charge is 2.17. The quantitative estimate of drug-likeness (QED) is 0.697. The van der Waals surface area contributed by atoms with E-state index in [4.69, 9.17) is 5.11 Å². The number of carbonyl (C=O) groups is 2. The zero-order valence-electron chi connectivity index (χ0n) is 8.67. The Balaban J connectivity index is 3.06. The molecular formula is C11H12O5. The SMILES string of the molecule is CC(=O)Cc1cc(C(O)C(=O)O)ccc1O. The number of carbonyl (C=O) groups excluding carboxylic acids is 1. The van der Waals surface area contributed by atoms with Gasteiger partial charge in [0.25, 0.3) is 0 Å². The fourth-order valence-corrected chi connectivity index (χ4v) is 1.33. The van der Waals surface area contributed by atoms with Crippen LogP contribution in [0.2, 0.25) is 0 Å². The summed E-state index contributed by atoms with van der Waals surface area (Å²) >= 11 is 0. The molecule has 1 rings (SSSR count). The van der Waals surface area contributed by atoms with Crippen molar-refractivity contribution in [1.29, 1.82) is 0 Å². The van der Waals surface area contributed by atoms with E-state index in [2.05, 4.69) is 0 Å². The number of benzene rings is 1. The molecule has 0 fully saturated rings. The standard InChI is InChI=1S/C11H12O5/c1-6(12)4-8-5-7(2-3-9(8)13)10(14)11(15)16/h2-3,5,10,13-14H,4H2,1H3,(H,15,16). The number of aromatic hydroxyl groups is 1. The van der Waals surface area contributed by atoms with E-state index in [1.807, 2.05) is 0 Å². The molecule has 0 spiro atoms. The van der Waals surface area contributed by atoms with Gasteiger partial charge in [-0.05, 0) is 24.6 Å². The molecule has 1 atom stereocenters. The molecule has 0 aromatic heterocycles. The molecule has 0 aliphatic heterocycles. The summed E-state index contributed by atoms with van der Waals surface area (Å²) in [6.45, 7) is 1.36. The first-order valence-electron chi connectivity index (χ1n) is 4.64. The van der Waals surface area contributed by atoms with Gasteiger partial charge in [-0.25, -0.2) is 4.79 Å². The van der Waals surface area contributed by atoms with Gasteiger partial charge in [0.2, 0.25) is 0 Å². The first-order chi connectivity index (χ1) is 7.41. The van der Waals surface area contributed by atoms with Crippen LogP contribution in [0.3, 0.4) is 0 Å². The number of aliphatic carboxylic acids is 1. The Morgan fingerprint density at radius 1 is 1.38 bits per heavy atom. The average Bonchev–Trinajstić information content (AvgIpc) is 2.19. The number of aliphatic hydroxyl groups is 1. The summed E-state index contributed by atoms with van der Waals surface area (Å²) in [6, 6.07) is 3.88. The lowest BCUT2D eigenvalue weighted by Crippen LogP contribution is -2.11. The number of rotatable bonds is 4. The van der Waals surface area contributed by atoms with E-state index in [9.17, 15) is 19.8 Å². The second-order valence-electron chi connectivity index (χ2n) is 3.51. The van der Waals surface area contributed by atoms with E-state index < -0.39 is 12.1 Å². The molecule has 0 saturated carbocycles. The molecule has 1 aromatic carbocycles. The second-order valence-corrected chi connectivity index (χ2v) is 3.51. The van der Waals surface area contributed by atoms with Crippen molar-refractivity contribution in [2.45, 2.75) is 19.4 Å². The number of hydrogen-bond donors (Lipinski definition) is 3. The predicted octanol–water partition coefficient (Wildman–Crippen LogP) is 0.642. The maximum Gasteiger partial charge on any atom is 0.337 e. The molecule has 0 aliphatic rings. The van der Waals surface area contributed by atoms with Gasteiger partial charge < -0.3 is 15.3 Å². The Hall–Kier alpha value is -1.88. The first kappa shape index (κ1) is 12.2. The number of aliphatic hydroxyl groups excluding tert-OH is 1. The van der Waals surface area contributed by atoms with Crippen LogP contribution in [0.1, 0.15) is 24.2 Å². The van der Waals surface area contributed by atoms with E-state index in [0.29, 0.717) is 5.56 Å². The largest absolute Gasteiger partial charge is 0.508 e. The molecule has 5 nitrogen and oxygen atoms in total. The van der Waals surface area contributed by atoms with Crippen molar-refractivity contribution in [2.24, 2.45) is 0 Å². The van der Waals surface area contributed by atoms with Crippen LogP contribution in [0.4, 0.5) is 0 Å². The predicted molar refractivity (Wildman–Crippen MR) is 55.1 cm³/mol. The van der Waals surface area contributed by atoms with Gasteiger partial charge in [0.15, 0.2) is 6.10 Å². The van der Waals surface area contributed by atoms with Crippen molar-refractivity contribution in [2.75, 3.05) is 0 Å². The maximum atomic E-state index is 10.9. The van der Waals surface area contributed by atoms with Crippen molar-refractivity contribution < 1.29 is 24.9 Å². The van der Waals surface area contributed by atoms with Gasteiger partial charge >= 0.3 is 5.97 Å². The van der Waals surface area contributed by atoms with Crippen LogP contribution < -0.4 is 0 Å². The van der Waals surface area contributed by atoms with Crippen LogP contribution in [-0.4, -0.2) is 27.1 Å². The molecule has 86 valence electrons. The van der Waals surface area contributed by atoms with E-state index in [1.165, 1.54) is 25.1 Å². The molecule has 1 unspecified atom stereocenters. The zero-order chi connectivity index (χ0) is 12.3. The van der Waals surface area contributed by atoms with Gasteiger partial charge in [-0.1, -0.05) is 6.07 Å². The lowest BCUT2D eigenvalue weighted by atomic mass is 10.0. The third kappa shape index (κ3) is 2.80. The van der Waals surface area contributed by atoms with Gasteiger partial charge in [-0.3, -0.25) is 4.79 Å². The Morgan fingerprint density at radius 3 is 2.50 bits per heavy atom. The van der Waals surface area contributed by atoms with Gasteiger partial charge in [-0.2, -0.15) is 0 Å². The Bertz CT molecular complexity index is 424. The molecule has 1 aromatic rings. The molecular weight excluding hydrogens is 212 g/mol. The minimum absolute atomic E-state index is 0.00596. The molecule has 0 radical (unpaired) electrons. The summed E-state index contributed by atoms with van der Waals surface area (Å²) in [5, 5.41) is 27.3. The highest BCUT2D eigenvalue weighted by atomic mass is 16.4. The monoisotopic (exact) mass is 224 g/mol. The normalized spacial score (nSPS) is 12.1. The molecule has 0 saturated heterocycles. The summed E-state index contributed by atoms with van der Waals surface area (Å²) in [5.74, 6) is -1.62. The number of carboxylic acids is 1. The van der Waals surface area contributed by atoms with Gasteiger partial charge in [0.1, 0.15) is 11.5 Å². The van der Waals surface area contributed by atoms with Crippen LogP contribution in [0.15, 0.2) is 18.2 Å². The first-order valence-corrected chi connectivity index (χ1v) is 4.64. The van der Waals surface area contributed by atoms with E-state index in [-0.39, 0.29) is 23.5 Å². The second kappa shape index (κ2) is 4.76. The minimum atomic E-state index is -1.65. The Labute approximate surface area is 92.0 Å². The average molecular weight is 224 g/mol. The smallest absolute Gasteiger partial charge is 0.337 e. The van der Waals surface area contributed by atoms with Crippen molar-refractivity contribution in [3.05, 3.63) is 29.3 Å². The summed E-state index contributed by atoms with van der Waals surface area (Å²) < 4.78 is 0. The molecule has 0 aliphatic carbocycles. The number of phenols is 1. The van der Waals surface area contributed by atoms with Crippen molar-refractivity contribution in [3.8, 4) is 5.75 Å². The fraction of sp³-hybridized carbons (Fsp3) is 0.273. The highest BCUT2D eigenvalue weighted by molar-refractivity contribution is 5.79. The molecule has 3 N–H and O–H groups in total. The van der Waals surface area contributed by atoms with Gasteiger partial charge in [0.05, 0.1) is 0 Å². The third-order valence-corrected chi connectivity index (χ3v) is 2.09. The van der Waals surface area contributed by atoms with E-state index in [0.717, 1.165) is 0 Å². The maximum absolute atomic E-state index is 10.9. The van der Waals surface area contributed by atoms with E-state index in [1.54, 1.807) is 0 Å². The van der Waals surface area contributed by atoms with Crippen LogP contribution in [0, 0.1) is 0 Å². The molecule has 0 heterocycles. The highest BCUT2D eigenvalue weighted by Crippen LogP contribution is 2.23. The minimum Gasteiger partial charge on any atom is -0.508 e. The fourth-order valence-electron chi connectivity index (χ4n) is 1.33. The molecule has 16 heavy (non-hydrogen) atoms. The number of carboxylic acid groups (broad SMARTS) is 1. The zero-order valence-corrected chi connectivity index (χ0v) is 8.67.